The van der Waals surface area contributed by atoms with Crippen molar-refractivity contribution in [2.45, 2.75) is 79.8 Å². The van der Waals surface area contributed by atoms with Gasteiger partial charge in [-0.25, -0.2) is 6.07 Å². The molecule has 0 radical (unpaired) electrons. The Balaban J connectivity index is 0.000000429. The molecule has 0 bridgehead atoms. The summed E-state index contributed by atoms with van der Waals surface area (Å²) in [5.74, 6) is 1.14. The average molecular weight is 813 g/mol. The van der Waals surface area contributed by atoms with Crippen LogP contribution in [0, 0.1) is 78.4 Å². The minimum atomic E-state index is -1.90. The molecule has 0 aliphatic rings. The second-order valence-corrected chi connectivity index (χ2v) is 18.6. The Morgan fingerprint density at radius 1 is 0.745 bits per heavy atom. The molecule has 264 valence electrons. The van der Waals surface area contributed by atoms with Gasteiger partial charge in [-0.15, -0.1) is 17.3 Å². The smallest absolute Gasteiger partial charge is 0.497 e. The van der Waals surface area contributed by atoms with Gasteiger partial charge in [-0.2, -0.15) is 53.8 Å². The van der Waals surface area contributed by atoms with Crippen LogP contribution in [-0.4, -0.2) is 43.4 Å². The van der Waals surface area contributed by atoms with Crippen molar-refractivity contribution < 1.29 is 41.6 Å². The SMILES string of the molecule is CC[Si](CC)(c1cc(C)cc(C(C)(C)C)c1OC)[c-]1c(C)cc(C)c1C.[CH2-]c1ccccc1N(C)C.[CH2-]c1ccccc1N(C)C.[Lu+3]. The molecule has 0 atom stereocenters. The van der Waals surface area contributed by atoms with Gasteiger partial charge in [0.15, 0.2) is 0 Å². The molecule has 4 aromatic carbocycles. The zero-order chi connectivity index (χ0) is 35.0. The number of benzene rings is 3. The van der Waals surface area contributed by atoms with Crippen molar-refractivity contribution in [2.75, 3.05) is 45.1 Å². The largest absolute Gasteiger partial charge is 3.00 e. The molecule has 0 saturated carbocycles. The van der Waals surface area contributed by atoms with Crippen LogP contribution >= 0.6 is 0 Å². The van der Waals surface area contributed by atoms with Gasteiger partial charge in [-0.1, -0.05) is 121 Å². The maximum atomic E-state index is 6.11. The van der Waals surface area contributed by atoms with Crippen LogP contribution in [0.3, 0.4) is 0 Å². The van der Waals surface area contributed by atoms with Crippen LogP contribution in [0.25, 0.3) is 0 Å². The van der Waals surface area contributed by atoms with Gasteiger partial charge in [0.05, 0.1) is 15.2 Å². The van der Waals surface area contributed by atoms with E-state index >= 15 is 0 Å². The summed E-state index contributed by atoms with van der Waals surface area (Å²) in [6.45, 7) is 28.5. The third kappa shape index (κ3) is 10.3. The van der Waals surface area contributed by atoms with Gasteiger partial charge in [0, 0.05) is 0 Å². The van der Waals surface area contributed by atoms with E-state index in [0.717, 1.165) is 16.9 Å². The first-order chi connectivity index (χ1) is 21.5. The summed E-state index contributed by atoms with van der Waals surface area (Å²) in [6.07, 6.45) is 0. The molecule has 0 spiro atoms. The molecule has 0 amide bonds. The summed E-state index contributed by atoms with van der Waals surface area (Å²) >= 11 is 0. The summed E-state index contributed by atoms with van der Waals surface area (Å²) in [6, 6.07) is 25.7. The summed E-state index contributed by atoms with van der Waals surface area (Å²) < 4.78 is 6.11. The minimum Gasteiger partial charge on any atom is -0.497 e. The molecule has 47 heavy (non-hydrogen) atoms. The van der Waals surface area contributed by atoms with Crippen molar-refractivity contribution in [3.8, 4) is 5.75 Å². The van der Waals surface area contributed by atoms with Crippen LogP contribution in [0.2, 0.25) is 12.1 Å². The molecule has 4 aromatic rings. The quantitative estimate of drug-likeness (QED) is 0.137. The molecule has 0 saturated heterocycles. The molecule has 0 aromatic heterocycles. The van der Waals surface area contributed by atoms with E-state index in [-0.39, 0.29) is 42.3 Å². The number of hydrogen-bond acceptors (Lipinski definition) is 3. The average Bonchev–Trinajstić information content (AvgIpc) is 3.25. The van der Waals surface area contributed by atoms with Crippen LogP contribution < -0.4 is 24.9 Å². The predicted molar refractivity (Wildman–Crippen MR) is 209 cm³/mol. The van der Waals surface area contributed by atoms with Gasteiger partial charge >= 0.3 is 36.9 Å². The van der Waals surface area contributed by atoms with Crippen molar-refractivity contribution in [2.24, 2.45) is 0 Å². The molecule has 4 rings (SSSR count). The molecular weight excluding hydrogens is 752 g/mol. The number of rotatable bonds is 7. The molecule has 0 aliphatic carbocycles. The van der Waals surface area contributed by atoms with Gasteiger partial charge in [-0.05, 0) is 51.3 Å². The van der Waals surface area contributed by atoms with Crippen molar-refractivity contribution >= 4 is 29.8 Å². The third-order valence-corrected chi connectivity index (χ3v) is 14.7. The Morgan fingerprint density at radius 3 is 1.49 bits per heavy atom. The number of hydrogen-bond donors (Lipinski definition) is 0. The molecule has 0 heterocycles. The van der Waals surface area contributed by atoms with E-state index in [2.05, 4.69) is 116 Å². The number of para-hydroxylation sites is 2. The minimum absolute atomic E-state index is 0. The molecule has 5 heteroatoms. The Bertz CT molecular complexity index is 1510. The van der Waals surface area contributed by atoms with Gasteiger partial charge < -0.3 is 14.5 Å². The standard InChI is InChI=1S/C24H37OSi.2C9H12N.Lu/c1-11-26(12-2,23-18(5)15-17(4)19(23)6)21-14-16(3)13-20(22(21)25-10)24(7,8)9;2*1-8-6-4-5-7-9(8)10(2)3;/h13-15H,11-12H2,1-10H3;2*4-7H,1H2,2-3H3;/q3*-1;+3. The zero-order valence-electron chi connectivity index (χ0n) is 31.7. The van der Waals surface area contributed by atoms with E-state index in [4.69, 9.17) is 4.74 Å². The summed E-state index contributed by atoms with van der Waals surface area (Å²) in [5.41, 5.74) is 11.7. The van der Waals surface area contributed by atoms with Crippen molar-refractivity contribution in [1.82, 2.24) is 0 Å². The van der Waals surface area contributed by atoms with Gasteiger partial charge in [0.2, 0.25) is 0 Å². The fraction of sp³-hybridized carbons (Fsp3) is 0.405. The Morgan fingerprint density at radius 2 is 1.19 bits per heavy atom. The molecule has 0 aliphatic heterocycles. The fourth-order valence-corrected chi connectivity index (χ4v) is 11.8. The fourth-order valence-electron chi connectivity index (χ4n) is 6.65. The number of nitrogens with zero attached hydrogens (tertiary/aromatic N) is 2. The summed E-state index contributed by atoms with van der Waals surface area (Å²) in [4.78, 5) is 4.12. The number of ether oxygens (including phenoxy) is 1. The van der Waals surface area contributed by atoms with E-state index in [1.165, 1.54) is 56.5 Å². The summed E-state index contributed by atoms with van der Waals surface area (Å²) in [5, 5.41) is 3.13. The maximum absolute atomic E-state index is 6.11. The topological polar surface area (TPSA) is 15.7 Å². The zero-order valence-corrected chi connectivity index (χ0v) is 34.4. The first-order valence-corrected chi connectivity index (χ1v) is 19.0. The van der Waals surface area contributed by atoms with Crippen molar-refractivity contribution in [3.05, 3.63) is 120 Å². The number of anilines is 2. The second kappa shape index (κ2) is 18.4. The Kier molecular flexibility index (Phi) is 16.7. The van der Waals surface area contributed by atoms with Gasteiger partial charge in [0.1, 0.15) is 5.75 Å². The van der Waals surface area contributed by atoms with E-state index in [1.54, 1.807) is 5.19 Å². The monoisotopic (exact) mass is 812 g/mol. The molecule has 0 fully saturated rings. The number of aryl methyl sites for hydroxylation is 3. The van der Waals surface area contributed by atoms with E-state index in [1.807, 2.05) is 71.7 Å². The Labute approximate surface area is 319 Å². The van der Waals surface area contributed by atoms with E-state index in [0.29, 0.717) is 0 Å². The molecule has 3 nitrogen and oxygen atoms in total. The van der Waals surface area contributed by atoms with Gasteiger partial charge in [0.25, 0.3) is 0 Å². The first-order valence-electron chi connectivity index (χ1n) is 16.6. The van der Waals surface area contributed by atoms with Crippen molar-refractivity contribution in [1.29, 1.82) is 0 Å². The summed E-state index contributed by atoms with van der Waals surface area (Å²) in [7, 11) is 8.03. The van der Waals surface area contributed by atoms with Gasteiger partial charge in [-0.3, -0.25) is 0 Å². The van der Waals surface area contributed by atoms with Crippen LogP contribution in [0.4, 0.5) is 11.4 Å². The predicted octanol–water partition coefficient (Wildman–Crippen LogP) is 9.42. The normalized spacial score (nSPS) is 10.9. The maximum Gasteiger partial charge on any atom is 3.00 e. The molecule has 0 unspecified atom stereocenters. The van der Waals surface area contributed by atoms with E-state index in [9.17, 15) is 0 Å². The first kappa shape index (κ1) is 42.6. The second-order valence-electron chi connectivity index (χ2n) is 14.0. The third-order valence-electron chi connectivity index (χ3n) is 9.19. The van der Waals surface area contributed by atoms with Crippen LogP contribution in [-0.2, 0) is 5.41 Å². The number of methoxy groups -OCH3 is 1. The Hall–Kier alpha value is -2.40. The molecule has 0 N–H and O–H groups in total. The van der Waals surface area contributed by atoms with Crippen LogP contribution in [0.15, 0.2) is 66.7 Å². The van der Waals surface area contributed by atoms with Crippen LogP contribution in [0.1, 0.15) is 73.6 Å². The molecular formula is C42H61LuN2OSi. The van der Waals surface area contributed by atoms with Crippen LogP contribution in [0.5, 0.6) is 5.75 Å². The van der Waals surface area contributed by atoms with E-state index < -0.39 is 8.07 Å². The van der Waals surface area contributed by atoms with Crippen molar-refractivity contribution in [3.63, 3.8) is 0 Å².